The van der Waals surface area contributed by atoms with Gasteiger partial charge in [0.15, 0.2) is 5.96 Å². The molecule has 2 aromatic rings. The third-order valence-corrected chi connectivity index (χ3v) is 5.02. The van der Waals surface area contributed by atoms with Crippen LogP contribution in [0.3, 0.4) is 0 Å². The lowest BCUT2D eigenvalue weighted by Crippen LogP contribution is -2.42. The molecule has 0 bridgehead atoms. The average molecular weight is 512 g/mol. The van der Waals surface area contributed by atoms with E-state index in [2.05, 4.69) is 30.6 Å². The molecule has 1 aliphatic heterocycles. The number of guanidine groups is 1. The quantitative estimate of drug-likeness (QED) is 0.303. The summed E-state index contributed by atoms with van der Waals surface area (Å²) in [6.45, 7) is 2.70. The van der Waals surface area contributed by atoms with Gasteiger partial charge in [-0.25, -0.2) is 4.98 Å². The minimum Gasteiger partial charge on any atom is -0.369 e. The number of carbonyl (C=O) groups excluding carboxylic acids is 1. The van der Waals surface area contributed by atoms with Gasteiger partial charge in [0.05, 0.1) is 18.2 Å². The molecule has 0 spiro atoms. The summed E-state index contributed by atoms with van der Waals surface area (Å²) >= 11 is 0. The van der Waals surface area contributed by atoms with Crippen molar-refractivity contribution in [3.63, 3.8) is 0 Å². The van der Waals surface area contributed by atoms with E-state index in [1.807, 2.05) is 29.9 Å². The first-order chi connectivity index (χ1) is 13.6. The highest BCUT2D eigenvalue weighted by Crippen LogP contribution is 2.24. The van der Waals surface area contributed by atoms with Crippen LogP contribution in [0.1, 0.15) is 24.1 Å². The Morgan fingerprint density at radius 2 is 2.10 bits per heavy atom. The number of aliphatic imine (C=N–C) groups is 1. The smallest absolute Gasteiger partial charge is 0.222 e. The van der Waals surface area contributed by atoms with E-state index in [0.29, 0.717) is 25.6 Å². The molecule has 4 N–H and O–H groups in total. The average Bonchev–Trinajstić information content (AvgIpc) is 3.13. The summed E-state index contributed by atoms with van der Waals surface area (Å²) in [6, 6.07) is 5.92. The highest BCUT2D eigenvalue weighted by atomic mass is 127. The van der Waals surface area contributed by atoms with Crippen LogP contribution < -0.4 is 21.3 Å². The van der Waals surface area contributed by atoms with E-state index >= 15 is 0 Å². The fourth-order valence-electron chi connectivity index (χ4n) is 3.40. The Morgan fingerprint density at radius 3 is 2.79 bits per heavy atom. The second-order valence-electron chi connectivity index (χ2n) is 6.90. The summed E-state index contributed by atoms with van der Waals surface area (Å²) in [5.74, 6) is 1.23. The third kappa shape index (κ3) is 6.05. The molecule has 3 rings (SSSR count). The van der Waals surface area contributed by atoms with Gasteiger partial charge in [-0.3, -0.25) is 14.5 Å². The number of nitrogens with zero attached hydrogens (tertiary/aromatic N) is 5. The predicted octanol–water partition coefficient (Wildman–Crippen LogP) is 1.00. The lowest BCUT2D eigenvalue weighted by molar-refractivity contribution is -0.122. The van der Waals surface area contributed by atoms with Crippen molar-refractivity contribution in [1.29, 1.82) is 0 Å². The van der Waals surface area contributed by atoms with Gasteiger partial charge in [0, 0.05) is 51.7 Å². The van der Waals surface area contributed by atoms with Crippen LogP contribution in [-0.2, 0) is 24.9 Å². The van der Waals surface area contributed by atoms with E-state index in [-0.39, 0.29) is 35.8 Å². The number of primary amides is 1. The number of hydrogen-bond acceptors (Lipinski definition) is 5. The van der Waals surface area contributed by atoms with Crippen molar-refractivity contribution in [2.45, 2.75) is 25.9 Å². The van der Waals surface area contributed by atoms with Gasteiger partial charge < -0.3 is 21.3 Å². The maximum Gasteiger partial charge on any atom is 0.222 e. The Labute approximate surface area is 188 Å². The molecular weight excluding hydrogens is 483 g/mol. The Kier molecular flexibility index (Phi) is 8.68. The molecule has 1 amide bonds. The number of nitrogens with one attached hydrogen (secondary N) is 2. The molecule has 1 unspecified atom stereocenters. The third-order valence-electron chi connectivity index (χ3n) is 5.02. The molecule has 2 aromatic heterocycles. The number of hydrogen-bond donors (Lipinski definition) is 3. The lowest BCUT2D eigenvalue weighted by atomic mass is 9.97. The number of nitrogens with two attached hydrogens (primary N) is 1. The van der Waals surface area contributed by atoms with Crippen LogP contribution in [0, 0.1) is 5.92 Å². The summed E-state index contributed by atoms with van der Waals surface area (Å²) in [4.78, 5) is 22.6. The molecule has 158 valence electrons. The molecule has 0 saturated carbocycles. The van der Waals surface area contributed by atoms with Crippen molar-refractivity contribution in [3.8, 4) is 0 Å². The minimum absolute atomic E-state index is 0. The largest absolute Gasteiger partial charge is 0.369 e. The van der Waals surface area contributed by atoms with E-state index in [0.717, 1.165) is 36.5 Å². The van der Waals surface area contributed by atoms with E-state index in [4.69, 9.17) is 5.73 Å². The molecule has 9 nitrogen and oxygen atoms in total. The minimum atomic E-state index is -0.236. The lowest BCUT2D eigenvalue weighted by Gasteiger charge is -2.33. The highest BCUT2D eigenvalue weighted by Gasteiger charge is 2.25. The molecule has 10 heteroatoms. The molecule has 1 fully saturated rings. The van der Waals surface area contributed by atoms with Gasteiger partial charge >= 0.3 is 0 Å². The topological polar surface area (TPSA) is 113 Å². The number of halogens is 1. The fourth-order valence-corrected chi connectivity index (χ4v) is 3.40. The van der Waals surface area contributed by atoms with Gasteiger partial charge in [-0.1, -0.05) is 6.07 Å². The molecule has 29 heavy (non-hydrogen) atoms. The van der Waals surface area contributed by atoms with Crippen molar-refractivity contribution in [1.82, 2.24) is 25.4 Å². The first-order valence-electron chi connectivity index (χ1n) is 9.48. The summed E-state index contributed by atoms with van der Waals surface area (Å²) in [6.07, 6.45) is 5.33. The van der Waals surface area contributed by atoms with E-state index in [9.17, 15) is 4.79 Å². The first-order valence-corrected chi connectivity index (χ1v) is 9.48. The second-order valence-corrected chi connectivity index (χ2v) is 6.90. The van der Waals surface area contributed by atoms with Crippen LogP contribution in [0.15, 0.2) is 35.6 Å². The van der Waals surface area contributed by atoms with Crippen LogP contribution in [-0.4, -0.2) is 46.8 Å². The number of carbonyl (C=O) groups is 1. The van der Waals surface area contributed by atoms with E-state index < -0.39 is 0 Å². The van der Waals surface area contributed by atoms with Crippen molar-refractivity contribution >= 4 is 41.7 Å². The Hall–Kier alpha value is -2.37. The summed E-state index contributed by atoms with van der Waals surface area (Å²) < 4.78 is 1.82. The zero-order chi connectivity index (χ0) is 19.9. The van der Waals surface area contributed by atoms with Gasteiger partial charge in [0.2, 0.25) is 5.91 Å². The van der Waals surface area contributed by atoms with Gasteiger partial charge in [-0.05, 0) is 25.0 Å². The predicted molar refractivity (Wildman–Crippen MR) is 124 cm³/mol. The second kappa shape index (κ2) is 11.0. The van der Waals surface area contributed by atoms with Crippen LogP contribution in [0.25, 0.3) is 0 Å². The Balaban J connectivity index is 0.00000300. The number of rotatable bonds is 6. The zero-order valence-corrected chi connectivity index (χ0v) is 19.2. The molecular formula is C19H29IN8O. The molecule has 3 heterocycles. The number of aromatic nitrogens is 3. The van der Waals surface area contributed by atoms with E-state index in [1.54, 1.807) is 19.4 Å². The Morgan fingerprint density at radius 1 is 1.31 bits per heavy atom. The van der Waals surface area contributed by atoms with Crippen molar-refractivity contribution < 1.29 is 4.79 Å². The van der Waals surface area contributed by atoms with Gasteiger partial charge in [0.1, 0.15) is 5.82 Å². The number of piperidine rings is 1. The molecule has 1 aliphatic rings. The molecule has 1 atom stereocenters. The normalized spacial score (nSPS) is 16.8. The van der Waals surface area contributed by atoms with Crippen LogP contribution in [0.5, 0.6) is 0 Å². The number of pyridine rings is 1. The van der Waals surface area contributed by atoms with Crippen LogP contribution in [0.2, 0.25) is 0 Å². The number of anilines is 1. The summed E-state index contributed by atoms with van der Waals surface area (Å²) in [5.41, 5.74) is 7.64. The molecule has 0 aromatic carbocycles. The van der Waals surface area contributed by atoms with Crippen molar-refractivity contribution in [2.24, 2.45) is 23.7 Å². The number of aryl methyl sites for hydroxylation is 1. The van der Waals surface area contributed by atoms with Gasteiger partial charge in [0.25, 0.3) is 0 Å². The maximum absolute atomic E-state index is 11.6. The van der Waals surface area contributed by atoms with Crippen molar-refractivity contribution in [3.05, 3.63) is 41.9 Å². The highest BCUT2D eigenvalue weighted by molar-refractivity contribution is 14.0. The first kappa shape index (κ1) is 22.9. The number of amides is 1. The van der Waals surface area contributed by atoms with E-state index in [1.165, 1.54) is 0 Å². The molecule has 0 aliphatic carbocycles. The van der Waals surface area contributed by atoms with Gasteiger partial charge in [-0.15, -0.1) is 24.0 Å². The molecule has 1 saturated heterocycles. The zero-order valence-electron chi connectivity index (χ0n) is 16.8. The monoisotopic (exact) mass is 512 g/mol. The fraction of sp³-hybridized carbons (Fsp3) is 0.474. The summed E-state index contributed by atoms with van der Waals surface area (Å²) in [7, 11) is 3.65. The van der Waals surface area contributed by atoms with Crippen molar-refractivity contribution in [2.75, 3.05) is 25.0 Å². The standard InChI is InChI=1S/C19H28N8O.HI/c1-21-19(24-12-16-7-9-25-26(16)2)23-11-14-5-3-8-22-18(14)27-10-4-6-15(13-27)17(20)28;/h3,5,7-9,15H,4,6,10-13H2,1-2H3,(H2,20,28)(H2,21,23,24);1H. The SMILES string of the molecule is CN=C(NCc1cccnc1N1CCCC(C(N)=O)C1)NCc1ccnn1C.I. The van der Waals surface area contributed by atoms with Crippen LogP contribution in [0.4, 0.5) is 5.82 Å². The van der Waals surface area contributed by atoms with Gasteiger partial charge in [-0.2, -0.15) is 5.10 Å². The molecule has 0 radical (unpaired) electrons. The van der Waals surface area contributed by atoms with Crippen LogP contribution >= 0.6 is 24.0 Å². The Bertz CT molecular complexity index is 837. The summed E-state index contributed by atoms with van der Waals surface area (Å²) in [5, 5.41) is 10.8. The maximum atomic E-state index is 11.6.